The van der Waals surface area contributed by atoms with Gasteiger partial charge < -0.3 is 10.1 Å². The Morgan fingerprint density at radius 1 is 1.28 bits per heavy atom. The molecule has 0 saturated heterocycles. The minimum Gasteiger partial charge on any atom is -0.477 e. The van der Waals surface area contributed by atoms with Gasteiger partial charge in [-0.3, -0.25) is 4.79 Å². The van der Waals surface area contributed by atoms with Crippen molar-refractivity contribution < 1.29 is 14.7 Å². The summed E-state index contributed by atoms with van der Waals surface area (Å²) in [5.41, 5.74) is 1.55. The van der Waals surface area contributed by atoms with E-state index in [1.807, 2.05) is 0 Å². The van der Waals surface area contributed by atoms with E-state index >= 15 is 0 Å². The van der Waals surface area contributed by atoms with Gasteiger partial charge in [0.2, 0.25) is 0 Å². The molecule has 92 valence electrons. The van der Waals surface area contributed by atoms with Crippen LogP contribution in [0.5, 0.6) is 0 Å². The second-order valence-corrected chi connectivity index (χ2v) is 4.33. The highest BCUT2D eigenvalue weighted by Crippen LogP contribution is 2.19. The molecule has 0 radical (unpaired) electrons. The number of carbonyl (C=O) groups is 2. The van der Waals surface area contributed by atoms with Crippen molar-refractivity contribution in [1.82, 2.24) is 4.98 Å². The molecule has 0 fully saturated rings. The summed E-state index contributed by atoms with van der Waals surface area (Å²) < 4.78 is 0. The van der Waals surface area contributed by atoms with Gasteiger partial charge in [0.15, 0.2) is 5.78 Å². The summed E-state index contributed by atoms with van der Waals surface area (Å²) in [6.45, 7) is 1.80. The lowest BCUT2D eigenvalue weighted by molar-refractivity contribution is 0.0691. The second-order valence-electron chi connectivity index (χ2n) is 3.90. The van der Waals surface area contributed by atoms with Gasteiger partial charge in [0.25, 0.3) is 0 Å². The predicted octanol–water partition coefficient (Wildman–Crippen LogP) is 2.91. The molecule has 2 aromatic rings. The molecule has 0 amide bonds. The van der Waals surface area contributed by atoms with Gasteiger partial charge in [0, 0.05) is 22.3 Å². The maximum Gasteiger partial charge on any atom is 0.352 e. The van der Waals surface area contributed by atoms with E-state index in [0.717, 1.165) is 5.56 Å². The topological polar surface area (TPSA) is 70.2 Å². The SMILES string of the molecule is Cc1ccc(Cl)cc1C(=O)c1c[nH]c(C(=O)O)c1. The van der Waals surface area contributed by atoms with Crippen LogP contribution < -0.4 is 0 Å². The van der Waals surface area contributed by atoms with Gasteiger partial charge in [-0.15, -0.1) is 0 Å². The largest absolute Gasteiger partial charge is 0.477 e. The first-order valence-corrected chi connectivity index (χ1v) is 5.59. The zero-order chi connectivity index (χ0) is 13.3. The van der Waals surface area contributed by atoms with Crippen LogP contribution in [0.25, 0.3) is 0 Å². The predicted molar refractivity (Wildman–Crippen MR) is 67.4 cm³/mol. The molecule has 5 heteroatoms. The fraction of sp³-hybridized carbons (Fsp3) is 0.0769. The Labute approximate surface area is 108 Å². The number of H-pyrrole nitrogens is 1. The molecule has 1 aromatic carbocycles. The minimum atomic E-state index is -1.10. The van der Waals surface area contributed by atoms with Crippen LogP contribution >= 0.6 is 11.6 Å². The maximum absolute atomic E-state index is 12.2. The lowest BCUT2D eigenvalue weighted by Gasteiger charge is -2.03. The van der Waals surface area contributed by atoms with Crippen molar-refractivity contribution in [3.63, 3.8) is 0 Å². The lowest BCUT2D eigenvalue weighted by Crippen LogP contribution is -2.02. The summed E-state index contributed by atoms with van der Waals surface area (Å²) in [7, 11) is 0. The van der Waals surface area contributed by atoms with Crippen LogP contribution in [0.4, 0.5) is 0 Å². The first kappa shape index (κ1) is 12.4. The van der Waals surface area contributed by atoms with Crippen molar-refractivity contribution in [3.05, 3.63) is 57.9 Å². The van der Waals surface area contributed by atoms with E-state index in [2.05, 4.69) is 4.98 Å². The summed E-state index contributed by atoms with van der Waals surface area (Å²) >= 11 is 5.85. The second kappa shape index (κ2) is 4.66. The summed E-state index contributed by atoms with van der Waals surface area (Å²) in [6.07, 6.45) is 1.38. The number of hydrogen-bond acceptors (Lipinski definition) is 2. The van der Waals surface area contributed by atoms with Crippen LogP contribution in [-0.4, -0.2) is 21.8 Å². The van der Waals surface area contributed by atoms with Gasteiger partial charge in [0.1, 0.15) is 5.69 Å². The molecular formula is C13H10ClNO3. The summed E-state index contributed by atoms with van der Waals surface area (Å²) in [4.78, 5) is 25.5. The number of halogens is 1. The Balaban J connectivity index is 2.41. The highest BCUT2D eigenvalue weighted by atomic mass is 35.5. The average molecular weight is 264 g/mol. The van der Waals surface area contributed by atoms with E-state index in [1.165, 1.54) is 12.3 Å². The Morgan fingerprint density at radius 3 is 2.61 bits per heavy atom. The minimum absolute atomic E-state index is 0.0157. The zero-order valence-corrected chi connectivity index (χ0v) is 10.3. The quantitative estimate of drug-likeness (QED) is 0.837. The van der Waals surface area contributed by atoms with Gasteiger partial charge >= 0.3 is 5.97 Å². The number of carbonyl (C=O) groups excluding carboxylic acids is 1. The van der Waals surface area contributed by atoms with E-state index in [0.29, 0.717) is 16.1 Å². The van der Waals surface area contributed by atoms with Crippen LogP contribution in [0.15, 0.2) is 30.5 Å². The van der Waals surface area contributed by atoms with Crippen molar-refractivity contribution in [2.75, 3.05) is 0 Å². The molecule has 4 nitrogen and oxygen atoms in total. The molecule has 0 aliphatic heterocycles. The zero-order valence-electron chi connectivity index (χ0n) is 9.53. The van der Waals surface area contributed by atoms with Gasteiger partial charge in [0.05, 0.1) is 0 Å². The van der Waals surface area contributed by atoms with Gasteiger partial charge in [-0.2, -0.15) is 0 Å². The molecule has 0 aliphatic carbocycles. The molecule has 1 aromatic heterocycles. The van der Waals surface area contributed by atoms with Crippen LogP contribution in [0.1, 0.15) is 32.0 Å². The number of rotatable bonds is 3. The van der Waals surface area contributed by atoms with Crippen LogP contribution in [-0.2, 0) is 0 Å². The smallest absolute Gasteiger partial charge is 0.352 e. The number of benzene rings is 1. The fourth-order valence-corrected chi connectivity index (χ4v) is 1.82. The summed E-state index contributed by atoms with van der Waals surface area (Å²) in [5, 5.41) is 9.26. The van der Waals surface area contributed by atoms with Crippen LogP contribution in [0.2, 0.25) is 5.02 Å². The third-order valence-corrected chi connectivity index (χ3v) is 2.85. The van der Waals surface area contributed by atoms with E-state index in [9.17, 15) is 9.59 Å². The van der Waals surface area contributed by atoms with E-state index < -0.39 is 5.97 Å². The summed E-state index contributed by atoms with van der Waals surface area (Å²) in [6, 6.07) is 6.34. The standard InChI is InChI=1S/C13H10ClNO3/c1-7-2-3-9(14)5-10(7)12(16)8-4-11(13(17)18)15-6-8/h2-6,15H,1H3,(H,17,18). The first-order valence-electron chi connectivity index (χ1n) is 5.21. The molecule has 0 bridgehead atoms. The molecule has 0 aliphatic rings. The van der Waals surface area contributed by atoms with Crippen molar-refractivity contribution >= 4 is 23.4 Å². The molecule has 0 atom stereocenters. The number of carboxylic acid groups (broad SMARTS) is 1. The van der Waals surface area contributed by atoms with Crippen LogP contribution in [0.3, 0.4) is 0 Å². The van der Waals surface area contributed by atoms with Crippen LogP contribution in [0, 0.1) is 6.92 Å². The Kier molecular flexibility index (Phi) is 3.21. The maximum atomic E-state index is 12.2. The number of hydrogen-bond donors (Lipinski definition) is 2. The molecule has 0 unspecified atom stereocenters. The fourth-order valence-electron chi connectivity index (χ4n) is 1.64. The van der Waals surface area contributed by atoms with E-state index in [1.54, 1.807) is 25.1 Å². The molecule has 2 N–H and O–H groups in total. The van der Waals surface area contributed by atoms with Crippen molar-refractivity contribution in [3.8, 4) is 0 Å². The van der Waals surface area contributed by atoms with E-state index in [-0.39, 0.29) is 11.5 Å². The number of aromatic carboxylic acids is 1. The van der Waals surface area contributed by atoms with Gasteiger partial charge in [-0.25, -0.2) is 4.79 Å². The van der Waals surface area contributed by atoms with Gasteiger partial charge in [-0.05, 0) is 30.7 Å². The third kappa shape index (κ3) is 2.28. The Morgan fingerprint density at radius 2 is 2.00 bits per heavy atom. The third-order valence-electron chi connectivity index (χ3n) is 2.62. The number of carboxylic acids is 1. The van der Waals surface area contributed by atoms with E-state index in [4.69, 9.17) is 16.7 Å². The molecular weight excluding hydrogens is 254 g/mol. The highest BCUT2D eigenvalue weighted by Gasteiger charge is 2.15. The normalized spacial score (nSPS) is 10.3. The van der Waals surface area contributed by atoms with Gasteiger partial charge in [-0.1, -0.05) is 17.7 Å². The molecule has 0 saturated carbocycles. The average Bonchev–Trinajstić information content (AvgIpc) is 2.81. The Hall–Kier alpha value is -2.07. The van der Waals surface area contributed by atoms with Crippen molar-refractivity contribution in [1.29, 1.82) is 0 Å². The lowest BCUT2D eigenvalue weighted by atomic mass is 10.0. The highest BCUT2D eigenvalue weighted by molar-refractivity contribution is 6.31. The number of aromatic nitrogens is 1. The summed E-state index contributed by atoms with van der Waals surface area (Å²) in [5.74, 6) is -1.35. The van der Waals surface area contributed by atoms with Crippen molar-refractivity contribution in [2.45, 2.75) is 6.92 Å². The Bertz CT molecular complexity index is 631. The number of aryl methyl sites for hydroxylation is 1. The molecule has 18 heavy (non-hydrogen) atoms. The van der Waals surface area contributed by atoms with Crippen molar-refractivity contribution in [2.24, 2.45) is 0 Å². The monoisotopic (exact) mass is 263 g/mol. The molecule has 0 spiro atoms. The molecule has 1 heterocycles. The molecule has 2 rings (SSSR count). The number of nitrogens with one attached hydrogen (secondary N) is 1. The number of ketones is 1. The number of aromatic amines is 1. The first-order chi connectivity index (χ1) is 8.49.